The third kappa shape index (κ3) is 5.24. The Morgan fingerprint density at radius 2 is 1.62 bits per heavy atom. The Labute approximate surface area is 191 Å². The van der Waals surface area contributed by atoms with Crippen LogP contribution in [-0.4, -0.2) is 73.1 Å². The van der Waals surface area contributed by atoms with E-state index in [2.05, 4.69) is 4.90 Å². The summed E-state index contributed by atoms with van der Waals surface area (Å²) >= 11 is 5.88. The van der Waals surface area contributed by atoms with Gasteiger partial charge in [0.1, 0.15) is 6.10 Å². The van der Waals surface area contributed by atoms with Gasteiger partial charge in [-0.25, -0.2) is 4.79 Å². The minimum atomic E-state index is -0.669. The van der Waals surface area contributed by atoms with Crippen molar-refractivity contribution in [1.82, 2.24) is 9.80 Å². The highest BCUT2D eigenvalue weighted by Crippen LogP contribution is 2.23. The van der Waals surface area contributed by atoms with Crippen molar-refractivity contribution in [3.63, 3.8) is 0 Å². The number of amides is 2. The van der Waals surface area contributed by atoms with Crippen LogP contribution in [0.3, 0.4) is 0 Å². The van der Waals surface area contributed by atoms with Crippen LogP contribution >= 0.6 is 11.6 Å². The number of nitrogens with zero attached hydrogens (tertiary/aromatic N) is 2. The second kappa shape index (κ2) is 10.1. The third-order valence-corrected chi connectivity index (χ3v) is 5.65. The van der Waals surface area contributed by atoms with Crippen LogP contribution in [-0.2, 0) is 14.3 Å². The fourth-order valence-corrected chi connectivity index (χ4v) is 3.88. The molecule has 2 aliphatic heterocycles. The zero-order valence-electron chi connectivity index (χ0n) is 17.4. The Kier molecular flexibility index (Phi) is 6.99. The van der Waals surface area contributed by atoms with Crippen LogP contribution in [0.1, 0.15) is 26.3 Å². The van der Waals surface area contributed by atoms with E-state index in [-0.39, 0.29) is 18.4 Å². The van der Waals surface area contributed by atoms with E-state index in [1.807, 2.05) is 0 Å². The topological polar surface area (TPSA) is 76.2 Å². The molecule has 1 atom stereocenters. The third-order valence-electron chi connectivity index (χ3n) is 5.39. The standard InChI is InChI=1S/C24H23ClN2O5/c25-18-8-5-17(6-9-18)7-10-22(28)32-19(15-26-11-13-31-14-12-26)16-27-23(29)20-3-1-2-4-21(20)24(27)30/h1-10,19H,11-16H2/b10-7+/t19-/m0/s1. The normalized spacial score (nSPS) is 17.6. The Hall–Kier alpha value is -3.00. The van der Waals surface area contributed by atoms with Crippen LogP contribution in [0.2, 0.25) is 5.02 Å². The highest BCUT2D eigenvalue weighted by molar-refractivity contribution is 6.30. The summed E-state index contributed by atoms with van der Waals surface area (Å²) in [6, 6.07) is 13.7. The van der Waals surface area contributed by atoms with Crippen molar-refractivity contribution >= 4 is 35.5 Å². The Balaban J connectivity index is 1.46. The van der Waals surface area contributed by atoms with Gasteiger partial charge in [0.25, 0.3) is 11.8 Å². The molecule has 32 heavy (non-hydrogen) atoms. The van der Waals surface area contributed by atoms with Gasteiger partial charge in [-0.05, 0) is 35.9 Å². The Morgan fingerprint density at radius 3 is 2.25 bits per heavy atom. The molecule has 8 heteroatoms. The van der Waals surface area contributed by atoms with E-state index in [1.54, 1.807) is 54.6 Å². The van der Waals surface area contributed by atoms with E-state index < -0.39 is 12.1 Å². The van der Waals surface area contributed by atoms with E-state index in [0.29, 0.717) is 49.0 Å². The molecule has 0 aliphatic carbocycles. The van der Waals surface area contributed by atoms with E-state index in [4.69, 9.17) is 21.1 Å². The predicted molar refractivity (Wildman–Crippen MR) is 119 cm³/mol. The molecule has 2 amide bonds. The zero-order valence-corrected chi connectivity index (χ0v) is 18.2. The van der Waals surface area contributed by atoms with E-state index in [0.717, 1.165) is 10.5 Å². The summed E-state index contributed by atoms with van der Waals surface area (Å²) in [5.41, 5.74) is 1.55. The molecule has 1 fully saturated rings. The molecule has 7 nitrogen and oxygen atoms in total. The van der Waals surface area contributed by atoms with Gasteiger partial charge in [-0.15, -0.1) is 0 Å². The van der Waals surface area contributed by atoms with Crippen LogP contribution in [0.15, 0.2) is 54.6 Å². The van der Waals surface area contributed by atoms with Crippen molar-refractivity contribution in [2.24, 2.45) is 0 Å². The monoisotopic (exact) mass is 454 g/mol. The molecular weight excluding hydrogens is 432 g/mol. The van der Waals surface area contributed by atoms with Crippen molar-refractivity contribution in [2.75, 3.05) is 39.4 Å². The van der Waals surface area contributed by atoms with Gasteiger partial charge in [-0.3, -0.25) is 19.4 Å². The number of hydrogen-bond donors (Lipinski definition) is 0. The molecule has 0 N–H and O–H groups in total. The number of ether oxygens (including phenoxy) is 2. The minimum Gasteiger partial charge on any atom is -0.456 e. The van der Waals surface area contributed by atoms with Crippen molar-refractivity contribution < 1.29 is 23.9 Å². The van der Waals surface area contributed by atoms with Crippen LogP contribution in [0.5, 0.6) is 0 Å². The van der Waals surface area contributed by atoms with Gasteiger partial charge in [0.15, 0.2) is 0 Å². The molecule has 166 valence electrons. The van der Waals surface area contributed by atoms with Gasteiger partial charge < -0.3 is 9.47 Å². The fourth-order valence-electron chi connectivity index (χ4n) is 3.75. The highest BCUT2D eigenvalue weighted by atomic mass is 35.5. The van der Waals surface area contributed by atoms with Gasteiger partial charge in [0, 0.05) is 30.7 Å². The molecule has 0 bridgehead atoms. The molecule has 4 rings (SSSR count). The quantitative estimate of drug-likeness (QED) is 0.364. The number of rotatable bonds is 7. The van der Waals surface area contributed by atoms with Gasteiger partial charge in [-0.2, -0.15) is 0 Å². The van der Waals surface area contributed by atoms with Gasteiger partial charge >= 0.3 is 5.97 Å². The number of esters is 1. The smallest absolute Gasteiger partial charge is 0.331 e. The van der Waals surface area contributed by atoms with Crippen LogP contribution in [0, 0.1) is 0 Å². The lowest BCUT2D eigenvalue weighted by molar-refractivity contribution is -0.144. The lowest BCUT2D eigenvalue weighted by Gasteiger charge is -2.31. The SMILES string of the molecule is O=C(/C=C/c1ccc(Cl)cc1)O[C@@H](CN1CCOCC1)CN1C(=O)c2ccccc2C1=O. The predicted octanol–water partition coefficient (Wildman–Crippen LogP) is 2.89. The maximum Gasteiger partial charge on any atom is 0.331 e. The Bertz CT molecular complexity index is 996. The number of halogens is 1. The number of hydrogen-bond acceptors (Lipinski definition) is 6. The van der Waals surface area contributed by atoms with Crippen LogP contribution in [0.25, 0.3) is 6.08 Å². The number of carbonyl (C=O) groups is 3. The molecule has 0 aromatic heterocycles. The van der Waals surface area contributed by atoms with E-state index in [9.17, 15) is 14.4 Å². The molecule has 2 aromatic carbocycles. The lowest BCUT2D eigenvalue weighted by atomic mass is 10.1. The van der Waals surface area contributed by atoms with Crippen molar-refractivity contribution in [1.29, 1.82) is 0 Å². The maximum atomic E-state index is 12.8. The number of morpholine rings is 1. The molecule has 2 heterocycles. The molecule has 0 saturated carbocycles. The second-order valence-electron chi connectivity index (χ2n) is 7.62. The number of imide groups is 1. The first-order valence-corrected chi connectivity index (χ1v) is 10.8. The van der Waals surface area contributed by atoms with Crippen LogP contribution < -0.4 is 0 Å². The summed E-state index contributed by atoms with van der Waals surface area (Å²) in [6.07, 6.45) is 2.29. The summed E-state index contributed by atoms with van der Waals surface area (Å²) in [7, 11) is 0. The lowest BCUT2D eigenvalue weighted by Crippen LogP contribution is -2.47. The molecular formula is C24H23ClN2O5. The molecule has 0 spiro atoms. The van der Waals surface area contributed by atoms with Crippen molar-refractivity contribution in [2.45, 2.75) is 6.10 Å². The van der Waals surface area contributed by atoms with Gasteiger partial charge in [0.2, 0.25) is 0 Å². The number of carbonyl (C=O) groups excluding carboxylic acids is 3. The average molecular weight is 455 g/mol. The fraction of sp³-hybridized carbons (Fsp3) is 0.292. The van der Waals surface area contributed by atoms with Crippen LogP contribution in [0.4, 0.5) is 0 Å². The zero-order chi connectivity index (χ0) is 22.5. The second-order valence-corrected chi connectivity index (χ2v) is 8.06. The number of fused-ring (bicyclic) bond motifs is 1. The largest absolute Gasteiger partial charge is 0.456 e. The summed E-state index contributed by atoms with van der Waals surface area (Å²) in [4.78, 5) is 41.3. The summed E-state index contributed by atoms with van der Waals surface area (Å²) < 4.78 is 11.1. The summed E-state index contributed by atoms with van der Waals surface area (Å²) in [5.74, 6) is -1.29. The minimum absolute atomic E-state index is 0.00969. The first-order chi connectivity index (χ1) is 15.5. The van der Waals surface area contributed by atoms with E-state index in [1.165, 1.54) is 6.08 Å². The highest BCUT2D eigenvalue weighted by Gasteiger charge is 2.37. The van der Waals surface area contributed by atoms with Crippen molar-refractivity contribution in [3.05, 3.63) is 76.3 Å². The average Bonchev–Trinajstić information content (AvgIpc) is 3.04. The molecule has 2 aromatic rings. The molecule has 2 aliphatic rings. The summed E-state index contributed by atoms with van der Waals surface area (Å²) in [5, 5.41) is 0.608. The Morgan fingerprint density at radius 1 is 1.00 bits per heavy atom. The van der Waals surface area contributed by atoms with E-state index >= 15 is 0 Å². The molecule has 0 unspecified atom stereocenters. The number of benzene rings is 2. The van der Waals surface area contributed by atoms with Crippen molar-refractivity contribution in [3.8, 4) is 0 Å². The first kappa shape index (κ1) is 22.2. The van der Waals surface area contributed by atoms with Gasteiger partial charge in [0.05, 0.1) is 30.9 Å². The molecule has 0 radical (unpaired) electrons. The summed E-state index contributed by atoms with van der Waals surface area (Å²) in [6.45, 7) is 2.95. The van der Waals surface area contributed by atoms with Gasteiger partial charge in [-0.1, -0.05) is 35.9 Å². The molecule has 1 saturated heterocycles. The first-order valence-electron chi connectivity index (χ1n) is 10.4. The maximum absolute atomic E-state index is 12.8.